The van der Waals surface area contributed by atoms with Crippen molar-refractivity contribution in [3.63, 3.8) is 0 Å². The molecule has 0 fully saturated rings. The molecule has 7 heteroatoms. The average molecular weight is 284 g/mol. The number of amides is 2. The first-order valence-corrected chi connectivity index (χ1v) is 7.02. The second kappa shape index (κ2) is 7.84. The number of aryl methyl sites for hydroxylation is 1. The van der Waals surface area contributed by atoms with Crippen molar-refractivity contribution in [2.45, 2.75) is 58.6 Å². The summed E-state index contributed by atoms with van der Waals surface area (Å²) in [5.41, 5.74) is -0.830. The number of hydrogen-bond acceptors (Lipinski definition) is 5. The van der Waals surface area contributed by atoms with Crippen molar-refractivity contribution < 1.29 is 14.4 Å². The number of aliphatic hydroxyl groups is 1. The molecule has 3 N–H and O–H groups in total. The summed E-state index contributed by atoms with van der Waals surface area (Å²) < 4.78 is 4.80. The van der Waals surface area contributed by atoms with Crippen LogP contribution in [0.3, 0.4) is 0 Å². The van der Waals surface area contributed by atoms with E-state index in [9.17, 15) is 9.90 Å². The van der Waals surface area contributed by atoms with Crippen LogP contribution in [0.1, 0.15) is 51.2 Å². The highest BCUT2D eigenvalue weighted by Crippen LogP contribution is 2.18. The largest absolute Gasteiger partial charge is 0.388 e. The third-order valence-corrected chi connectivity index (χ3v) is 2.99. The Kier molecular flexibility index (Phi) is 6.44. The number of carbonyl (C=O) groups excluding carboxylic acids is 1. The van der Waals surface area contributed by atoms with Gasteiger partial charge in [0.25, 0.3) is 0 Å². The molecule has 0 saturated carbocycles. The Morgan fingerprint density at radius 1 is 1.30 bits per heavy atom. The summed E-state index contributed by atoms with van der Waals surface area (Å²) in [6.07, 6.45) is 3.10. The van der Waals surface area contributed by atoms with Gasteiger partial charge in [-0.2, -0.15) is 4.98 Å². The molecular weight excluding hydrogens is 260 g/mol. The van der Waals surface area contributed by atoms with Crippen LogP contribution < -0.4 is 10.6 Å². The van der Waals surface area contributed by atoms with Crippen molar-refractivity contribution in [3.05, 3.63) is 11.7 Å². The monoisotopic (exact) mass is 284 g/mol. The maximum atomic E-state index is 11.7. The molecule has 0 radical (unpaired) electrons. The van der Waals surface area contributed by atoms with Crippen molar-refractivity contribution in [3.8, 4) is 0 Å². The first-order valence-electron chi connectivity index (χ1n) is 7.02. The highest BCUT2D eigenvalue weighted by atomic mass is 16.5. The number of nitrogens with zero attached hydrogens (tertiary/aromatic N) is 2. The van der Waals surface area contributed by atoms with Crippen LogP contribution in [0, 0.1) is 6.92 Å². The van der Waals surface area contributed by atoms with Gasteiger partial charge in [0.15, 0.2) is 5.82 Å². The van der Waals surface area contributed by atoms with Crippen LogP contribution in [0.5, 0.6) is 0 Å². The number of nitrogens with one attached hydrogen (secondary N) is 2. The predicted molar refractivity (Wildman–Crippen MR) is 74.0 cm³/mol. The zero-order valence-corrected chi connectivity index (χ0v) is 12.4. The summed E-state index contributed by atoms with van der Waals surface area (Å²) in [7, 11) is 0. The van der Waals surface area contributed by atoms with Crippen molar-refractivity contribution in [2.24, 2.45) is 0 Å². The van der Waals surface area contributed by atoms with E-state index in [1.165, 1.54) is 0 Å². The topological polar surface area (TPSA) is 100 Å². The quantitative estimate of drug-likeness (QED) is 0.672. The molecule has 1 heterocycles. The molecule has 0 atom stereocenters. The van der Waals surface area contributed by atoms with Gasteiger partial charge < -0.3 is 20.3 Å². The lowest BCUT2D eigenvalue weighted by Crippen LogP contribution is -2.46. The number of hydrogen-bond donors (Lipinski definition) is 3. The Bertz CT molecular complexity index is 414. The Balaban J connectivity index is 2.34. The van der Waals surface area contributed by atoms with Crippen LogP contribution >= 0.6 is 0 Å². The van der Waals surface area contributed by atoms with Crippen LogP contribution in [-0.4, -0.2) is 33.4 Å². The minimum Gasteiger partial charge on any atom is -0.388 e. The van der Waals surface area contributed by atoms with Crippen molar-refractivity contribution in [2.75, 3.05) is 6.54 Å². The number of rotatable bonds is 8. The molecule has 0 aliphatic heterocycles. The Morgan fingerprint density at radius 2 is 1.95 bits per heavy atom. The van der Waals surface area contributed by atoms with Gasteiger partial charge in [-0.1, -0.05) is 31.8 Å². The summed E-state index contributed by atoms with van der Waals surface area (Å²) in [5, 5.41) is 19.4. The van der Waals surface area contributed by atoms with E-state index < -0.39 is 5.60 Å². The maximum absolute atomic E-state index is 11.7. The molecular formula is C13H24N4O3. The van der Waals surface area contributed by atoms with E-state index >= 15 is 0 Å². The molecule has 114 valence electrons. The average Bonchev–Trinajstić information content (AvgIpc) is 2.80. The molecule has 1 aromatic heterocycles. The number of aromatic nitrogens is 2. The summed E-state index contributed by atoms with van der Waals surface area (Å²) in [5.74, 6) is 0.887. The van der Waals surface area contributed by atoms with Gasteiger partial charge in [-0.05, 0) is 12.8 Å². The number of urea groups is 1. The third kappa shape index (κ3) is 5.56. The summed E-state index contributed by atoms with van der Waals surface area (Å²) >= 11 is 0. The van der Waals surface area contributed by atoms with Gasteiger partial charge in [0.05, 0.1) is 12.1 Å². The van der Waals surface area contributed by atoms with Crippen LogP contribution in [0.2, 0.25) is 0 Å². The smallest absolute Gasteiger partial charge is 0.315 e. The van der Waals surface area contributed by atoms with E-state index in [4.69, 9.17) is 4.52 Å². The molecule has 0 saturated heterocycles. The molecule has 7 nitrogen and oxygen atoms in total. The van der Waals surface area contributed by atoms with Gasteiger partial charge in [0.1, 0.15) is 0 Å². The lowest BCUT2D eigenvalue weighted by molar-refractivity contribution is 0.0241. The fraction of sp³-hybridized carbons (Fsp3) is 0.769. The van der Waals surface area contributed by atoms with Crippen LogP contribution in [0.25, 0.3) is 0 Å². The molecule has 1 rings (SSSR count). The van der Waals surface area contributed by atoms with Crippen molar-refractivity contribution in [1.82, 2.24) is 20.8 Å². The van der Waals surface area contributed by atoms with Gasteiger partial charge in [-0.25, -0.2) is 4.79 Å². The third-order valence-electron chi connectivity index (χ3n) is 2.99. The lowest BCUT2D eigenvalue weighted by atomic mass is 9.93. The van der Waals surface area contributed by atoms with Crippen molar-refractivity contribution in [1.29, 1.82) is 0 Å². The molecule has 0 unspecified atom stereocenters. The summed E-state index contributed by atoms with van der Waals surface area (Å²) in [6, 6.07) is -0.349. The second-order valence-corrected chi connectivity index (χ2v) is 4.99. The van der Waals surface area contributed by atoms with Gasteiger partial charge in [-0.3, -0.25) is 0 Å². The normalized spacial score (nSPS) is 11.4. The summed E-state index contributed by atoms with van der Waals surface area (Å²) in [6.45, 7) is 6.15. The molecule has 0 aromatic carbocycles. The van der Waals surface area contributed by atoms with Crippen LogP contribution in [-0.2, 0) is 6.54 Å². The molecule has 0 aliphatic rings. The fourth-order valence-electron chi connectivity index (χ4n) is 2.11. The first-order chi connectivity index (χ1) is 9.49. The van der Waals surface area contributed by atoms with Crippen molar-refractivity contribution >= 4 is 6.03 Å². The summed E-state index contributed by atoms with van der Waals surface area (Å²) in [4.78, 5) is 15.6. The van der Waals surface area contributed by atoms with E-state index in [0.717, 1.165) is 12.8 Å². The molecule has 20 heavy (non-hydrogen) atoms. The highest BCUT2D eigenvalue weighted by molar-refractivity contribution is 5.73. The maximum Gasteiger partial charge on any atom is 0.315 e. The van der Waals surface area contributed by atoms with E-state index in [0.29, 0.717) is 24.6 Å². The zero-order chi connectivity index (χ0) is 15.0. The Morgan fingerprint density at radius 3 is 2.45 bits per heavy atom. The Labute approximate surface area is 119 Å². The minimum absolute atomic E-state index is 0.198. The van der Waals surface area contributed by atoms with Gasteiger partial charge >= 0.3 is 6.03 Å². The molecule has 2 amide bonds. The Hall–Kier alpha value is -1.63. The number of carbonyl (C=O) groups is 1. The lowest BCUT2D eigenvalue weighted by Gasteiger charge is -2.27. The van der Waals surface area contributed by atoms with Crippen LogP contribution in [0.4, 0.5) is 4.79 Å². The molecule has 0 bridgehead atoms. The molecule has 1 aromatic rings. The predicted octanol–water partition coefficient (Wildman–Crippen LogP) is 1.51. The van der Waals surface area contributed by atoms with E-state index in [1.54, 1.807) is 6.92 Å². The SMILES string of the molecule is CCCC(O)(CCC)CNC(=O)NCc1noc(C)n1. The van der Waals surface area contributed by atoms with Gasteiger partial charge in [0.2, 0.25) is 5.89 Å². The molecule has 0 spiro atoms. The van der Waals surface area contributed by atoms with Gasteiger partial charge in [0, 0.05) is 13.5 Å². The standard InChI is InChI=1S/C13H24N4O3/c1-4-6-13(19,7-5-2)9-15-12(18)14-8-11-16-10(3)20-17-11/h19H,4-9H2,1-3H3,(H2,14,15,18). The fourth-order valence-corrected chi connectivity index (χ4v) is 2.11. The van der Waals surface area contributed by atoms with Crippen LogP contribution in [0.15, 0.2) is 4.52 Å². The van der Waals surface area contributed by atoms with E-state index in [2.05, 4.69) is 20.8 Å². The van der Waals surface area contributed by atoms with Gasteiger partial charge in [-0.15, -0.1) is 0 Å². The highest BCUT2D eigenvalue weighted by Gasteiger charge is 2.25. The second-order valence-electron chi connectivity index (χ2n) is 4.99. The van der Waals surface area contributed by atoms with E-state index in [-0.39, 0.29) is 19.1 Å². The minimum atomic E-state index is -0.830. The zero-order valence-electron chi connectivity index (χ0n) is 12.4. The van der Waals surface area contributed by atoms with E-state index in [1.807, 2.05) is 13.8 Å². The molecule has 0 aliphatic carbocycles. The first kappa shape index (κ1) is 16.4.